The van der Waals surface area contributed by atoms with Crippen LogP contribution in [0.4, 0.5) is 0 Å². The fraction of sp³-hybridized carbons (Fsp3) is 0.421. The third kappa shape index (κ3) is 4.64. The molecule has 6 nitrogen and oxygen atoms in total. The van der Waals surface area contributed by atoms with Crippen molar-refractivity contribution >= 4 is 22.5 Å². The maximum atomic E-state index is 12.5. The number of rotatable bonds is 9. The third-order valence-corrected chi connectivity index (χ3v) is 4.79. The summed E-state index contributed by atoms with van der Waals surface area (Å²) in [4.78, 5) is 31.4. The summed E-state index contributed by atoms with van der Waals surface area (Å²) in [5, 5.41) is 0.945. The lowest BCUT2D eigenvalue weighted by Crippen LogP contribution is -2.35. The number of aromatic amines is 1. The largest absolute Gasteiger partial charge is 0.337 e. The monoisotopic (exact) mass is 374 g/mol. The number of aromatic nitrogens is 4. The second-order valence-corrected chi connectivity index (χ2v) is 6.94. The van der Waals surface area contributed by atoms with Gasteiger partial charge in [0.15, 0.2) is 0 Å². The standard InChI is InChI=1S/C19H23ClN4O2/c20-15-7-8-17-16(13-15)18(25)24(19(26)22-17)11-6-4-2-1-3-5-10-23-12-9-21-14-23/h7-9,12-14H,1-6,10-11H2,(H,22,26). The van der Waals surface area contributed by atoms with Crippen LogP contribution in [0.15, 0.2) is 46.5 Å². The van der Waals surface area contributed by atoms with Crippen molar-refractivity contribution in [1.82, 2.24) is 19.1 Å². The number of H-pyrrole nitrogens is 1. The van der Waals surface area contributed by atoms with Crippen molar-refractivity contribution in [3.63, 3.8) is 0 Å². The summed E-state index contributed by atoms with van der Waals surface area (Å²) in [5.74, 6) is 0. The molecule has 1 aromatic carbocycles. The molecule has 2 aromatic heterocycles. The van der Waals surface area contributed by atoms with Crippen LogP contribution in [0.25, 0.3) is 10.9 Å². The first kappa shape index (κ1) is 18.5. The van der Waals surface area contributed by atoms with Gasteiger partial charge in [-0.15, -0.1) is 0 Å². The lowest BCUT2D eigenvalue weighted by Gasteiger charge is -2.07. The number of halogens is 1. The molecule has 0 saturated heterocycles. The van der Waals surface area contributed by atoms with Crippen LogP contribution >= 0.6 is 11.6 Å². The van der Waals surface area contributed by atoms with E-state index in [1.54, 1.807) is 24.4 Å². The van der Waals surface area contributed by atoms with Crippen LogP contribution in [-0.2, 0) is 13.1 Å². The number of hydrogen-bond donors (Lipinski definition) is 1. The summed E-state index contributed by atoms with van der Waals surface area (Å²) in [6.07, 6.45) is 12.0. The summed E-state index contributed by atoms with van der Waals surface area (Å²) < 4.78 is 3.36. The molecule has 1 N–H and O–H groups in total. The molecule has 0 aliphatic rings. The molecule has 0 atom stereocenters. The SMILES string of the molecule is O=c1[nH]c2ccc(Cl)cc2c(=O)n1CCCCCCCCn1ccnc1. The van der Waals surface area contributed by atoms with E-state index in [2.05, 4.69) is 14.5 Å². The molecular formula is C19H23ClN4O2. The van der Waals surface area contributed by atoms with Crippen LogP contribution in [0.3, 0.4) is 0 Å². The van der Waals surface area contributed by atoms with Crippen molar-refractivity contribution in [2.45, 2.75) is 51.6 Å². The average molecular weight is 375 g/mol. The van der Waals surface area contributed by atoms with Crippen LogP contribution in [0.5, 0.6) is 0 Å². The minimum absolute atomic E-state index is 0.272. The fourth-order valence-electron chi connectivity index (χ4n) is 3.12. The summed E-state index contributed by atoms with van der Waals surface area (Å²) in [5.41, 5.74) is -0.102. The van der Waals surface area contributed by atoms with Gasteiger partial charge in [-0.25, -0.2) is 9.78 Å². The Morgan fingerprint density at radius 1 is 1.00 bits per heavy atom. The molecule has 0 bridgehead atoms. The van der Waals surface area contributed by atoms with Crippen molar-refractivity contribution in [3.8, 4) is 0 Å². The maximum Gasteiger partial charge on any atom is 0.328 e. The van der Waals surface area contributed by atoms with E-state index < -0.39 is 0 Å². The molecule has 3 rings (SSSR count). The molecule has 2 heterocycles. The molecule has 0 saturated carbocycles. The lowest BCUT2D eigenvalue weighted by molar-refractivity contribution is 0.520. The Hall–Kier alpha value is -2.34. The van der Waals surface area contributed by atoms with Gasteiger partial charge < -0.3 is 9.55 Å². The van der Waals surface area contributed by atoms with E-state index in [1.807, 2.05) is 12.5 Å². The van der Waals surface area contributed by atoms with Gasteiger partial charge in [0.05, 0.1) is 17.2 Å². The minimum atomic E-state index is -0.356. The molecule has 26 heavy (non-hydrogen) atoms. The second-order valence-electron chi connectivity index (χ2n) is 6.50. The van der Waals surface area contributed by atoms with Gasteiger partial charge in [-0.3, -0.25) is 9.36 Å². The zero-order valence-corrected chi connectivity index (χ0v) is 15.4. The van der Waals surface area contributed by atoms with Crippen LogP contribution in [0.2, 0.25) is 5.02 Å². The molecule has 0 radical (unpaired) electrons. The number of imidazole rings is 1. The zero-order chi connectivity index (χ0) is 18.4. The van der Waals surface area contributed by atoms with Crippen molar-refractivity contribution in [2.75, 3.05) is 0 Å². The number of aryl methyl sites for hydroxylation is 1. The highest BCUT2D eigenvalue weighted by Crippen LogP contribution is 2.13. The molecule has 0 amide bonds. The number of fused-ring (bicyclic) bond motifs is 1. The Bertz CT molecular complexity index is 960. The van der Waals surface area contributed by atoms with Crippen molar-refractivity contribution in [3.05, 3.63) is 62.8 Å². The quantitative estimate of drug-likeness (QED) is 0.582. The predicted molar refractivity (Wildman–Crippen MR) is 104 cm³/mol. The molecule has 0 aliphatic carbocycles. The number of hydrogen-bond acceptors (Lipinski definition) is 3. The van der Waals surface area contributed by atoms with Gasteiger partial charge in [-0.05, 0) is 31.0 Å². The van der Waals surface area contributed by atoms with Gasteiger partial charge in [0.2, 0.25) is 0 Å². The van der Waals surface area contributed by atoms with Crippen LogP contribution in [-0.4, -0.2) is 19.1 Å². The Labute approximate surface area is 156 Å². The Balaban J connectivity index is 1.44. The summed E-state index contributed by atoms with van der Waals surface area (Å²) in [7, 11) is 0. The minimum Gasteiger partial charge on any atom is -0.337 e. The van der Waals surface area contributed by atoms with Crippen LogP contribution < -0.4 is 11.2 Å². The smallest absolute Gasteiger partial charge is 0.328 e. The summed E-state index contributed by atoms with van der Waals surface area (Å²) in [6, 6.07) is 4.93. The van der Waals surface area contributed by atoms with E-state index >= 15 is 0 Å². The molecule has 138 valence electrons. The predicted octanol–water partition coefficient (Wildman–Crippen LogP) is 3.58. The first-order chi connectivity index (χ1) is 12.6. The topological polar surface area (TPSA) is 72.7 Å². The van der Waals surface area contributed by atoms with E-state index in [1.165, 1.54) is 11.0 Å². The normalized spacial score (nSPS) is 11.3. The first-order valence-electron chi connectivity index (χ1n) is 9.03. The Morgan fingerprint density at radius 3 is 2.46 bits per heavy atom. The molecule has 0 fully saturated rings. The third-order valence-electron chi connectivity index (χ3n) is 4.55. The fourth-order valence-corrected chi connectivity index (χ4v) is 3.29. The van der Waals surface area contributed by atoms with Crippen molar-refractivity contribution in [1.29, 1.82) is 0 Å². The maximum absolute atomic E-state index is 12.5. The highest BCUT2D eigenvalue weighted by molar-refractivity contribution is 6.31. The van der Waals surface area contributed by atoms with Crippen LogP contribution in [0, 0.1) is 0 Å². The lowest BCUT2D eigenvalue weighted by atomic mass is 10.1. The number of benzene rings is 1. The van der Waals surface area contributed by atoms with Crippen LogP contribution in [0.1, 0.15) is 38.5 Å². The van der Waals surface area contributed by atoms with Crippen molar-refractivity contribution < 1.29 is 0 Å². The highest BCUT2D eigenvalue weighted by atomic mass is 35.5. The van der Waals surface area contributed by atoms with Gasteiger partial charge in [-0.1, -0.05) is 37.3 Å². The number of nitrogens with one attached hydrogen (secondary N) is 1. The molecular weight excluding hydrogens is 352 g/mol. The molecule has 3 aromatic rings. The second kappa shape index (κ2) is 8.85. The van der Waals surface area contributed by atoms with Crippen molar-refractivity contribution in [2.24, 2.45) is 0 Å². The van der Waals surface area contributed by atoms with E-state index in [9.17, 15) is 9.59 Å². The highest BCUT2D eigenvalue weighted by Gasteiger charge is 2.07. The summed E-state index contributed by atoms with van der Waals surface area (Å²) >= 11 is 5.96. The van der Waals surface area contributed by atoms with Gasteiger partial charge in [-0.2, -0.15) is 0 Å². The average Bonchev–Trinajstić information content (AvgIpc) is 3.14. The molecule has 0 aliphatic heterocycles. The first-order valence-corrected chi connectivity index (χ1v) is 9.41. The van der Waals surface area contributed by atoms with Gasteiger partial charge in [0.25, 0.3) is 5.56 Å². The number of nitrogens with zero attached hydrogens (tertiary/aromatic N) is 3. The van der Waals surface area contributed by atoms with E-state index in [4.69, 9.17) is 11.6 Å². The number of unbranched alkanes of at least 4 members (excludes halogenated alkanes) is 5. The van der Waals surface area contributed by atoms with E-state index in [0.29, 0.717) is 22.5 Å². The van der Waals surface area contributed by atoms with Gasteiger partial charge in [0, 0.05) is 30.5 Å². The Morgan fingerprint density at radius 2 is 1.73 bits per heavy atom. The van der Waals surface area contributed by atoms with E-state index in [-0.39, 0.29) is 11.2 Å². The summed E-state index contributed by atoms with van der Waals surface area (Å²) in [6.45, 7) is 1.44. The molecule has 7 heteroatoms. The van der Waals surface area contributed by atoms with E-state index in [0.717, 1.165) is 38.6 Å². The molecule has 0 spiro atoms. The van der Waals surface area contributed by atoms with Gasteiger partial charge >= 0.3 is 5.69 Å². The molecule has 0 unspecified atom stereocenters. The zero-order valence-electron chi connectivity index (χ0n) is 14.7. The van der Waals surface area contributed by atoms with Gasteiger partial charge in [0.1, 0.15) is 0 Å². The Kier molecular flexibility index (Phi) is 6.28.